The number of nitrogens with one attached hydrogen (secondary N) is 2. The number of aromatic nitrogens is 1. The second-order valence-electron chi connectivity index (χ2n) is 6.45. The van der Waals surface area contributed by atoms with Crippen molar-refractivity contribution in [3.8, 4) is 0 Å². The molecule has 1 aromatic heterocycles. The first kappa shape index (κ1) is 23.4. The maximum atomic E-state index is 5.61. The van der Waals surface area contributed by atoms with Crippen molar-refractivity contribution in [2.45, 2.75) is 47.3 Å². The molecule has 0 aliphatic rings. The molecule has 2 aromatic rings. The number of halogens is 1. The fraction of sp³-hybridized carbons (Fsp3) is 0.500. The summed E-state index contributed by atoms with van der Waals surface area (Å²) in [5.41, 5.74) is 3.44. The van der Waals surface area contributed by atoms with Gasteiger partial charge in [-0.15, -0.1) is 24.0 Å². The standard InChI is InChI=1S/C20H31N5O.HI/c1-6-21-20(23-13-19-24-15(3)16(4)26-19)22-12-17-9-8-10-18(11-17)14-25(5)7-2;/h8-11H,6-7,12-14H2,1-5H3,(H2,21,22,23);1H. The topological polar surface area (TPSA) is 65.7 Å². The van der Waals surface area contributed by atoms with Gasteiger partial charge in [0.1, 0.15) is 5.76 Å². The molecule has 0 saturated carbocycles. The number of hydrogen-bond donors (Lipinski definition) is 2. The molecule has 7 heteroatoms. The SMILES string of the molecule is CCNC(=NCc1cccc(CN(C)CC)c1)NCc1nc(C)c(C)o1.I. The van der Waals surface area contributed by atoms with Gasteiger partial charge in [-0.3, -0.25) is 0 Å². The van der Waals surface area contributed by atoms with E-state index in [2.05, 4.69) is 70.7 Å². The Morgan fingerprint density at radius 2 is 1.93 bits per heavy atom. The summed E-state index contributed by atoms with van der Waals surface area (Å²) in [7, 11) is 2.13. The second kappa shape index (κ2) is 12.0. The third-order valence-corrected chi connectivity index (χ3v) is 4.23. The Morgan fingerprint density at radius 1 is 1.19 bits per heavy atom. The number of aliphatic imine (C=N–C) groups is 1. The van der Waals surface area contributed by atoms with E-state index in [-0.39, 0.29) is 24.0 Å². The summed E-state index contributed by atoms with van der Waals surface area (Å²) in [6.45, 7) is 12.0. The molecule has 0 atom stereocenters. The van der Waals surface area contributed by atoms with Crippen LogP contribution in [0.4, 0.5) is 0 Å². The van der Waals surface area contributed by atoms with Crippen molar-refractivity contribution in [3.05, 3.63) is 52.7 Å². The second-order valence-corrected chi connectivity index (χ2v) is 6.45. The van der Waals surface area contributed by atoms with Crippen LogP contribution in [0.1, 0.15) is 42.3 Å². The summed E-state index contributed by atoms with van der Waals surface area (Å²) < 4.78 is 5.61. The molecule has 0 spiro atoms. The van der Waals surface area contributed by atoms with Crippen molar-refractivity contribution in [1.29, 1.82) is 0 Å². The van der Waals surface area contributed by atoms with Gasteiger partial charge in [0.2, 0.25) is 5.89 Å². The predicted molar refractivity (Wildman–Crippen MR) is 121 cm³/mol. The van der Waals surface area contributed by atoms with E-state index in [1.165, 1.54) is 11.1 Å². The van der Waals surface area contributed by atoms with E-state index in [0.29, 0.717) is 19.0 Å². The highest BCUT2D eigenvalue weighted by molar-refractivity contribution is 14.0. The first-order chi connectivity index (χ1) is 12.5. The van der Waals surface area contributed by atoms with Gasteiger partial charge >= 0.3 is 0 Å². The molecule has 0 bridgehead atoms. The number of aryl methyl sites for hydroxylation is 2. The van der Waals surface area contributed by atoms with Crippen LogP contribution in [0.15, 0.2) is 33.7 Å². The zero-order chi connectivity index (χ0) is 18.9. The normalized spacial score (nSPS) is 11.4. The third kappa shape index (κ3) is 7.88. The maximum Gasteiger partial charge on any atom is 0.214 e. The number of hydrogen-bond acceptors (Lipinski definition) is 4. The lowest BCUT2D eigenvalue weighted by Gasteiger charge is -2.14. The minimum absolute atomic E-state index is 0. The minimum atomic E-state index is 0. The molecule has 27 heavy (non-hydrogen) atoms. The van der Waals surface area contributed by atoms with Crippen LogP contribution in [0.5, 0.6) is 0 Å². The Balaban J connectivity index is 0.00000364. The first-order valence-corrected chi connectivity index (χ1v) is 9.23. The van der Waals surface area contributed by atoms with Crippen LogP contribution in [-0.2, 0) is 19.6 Å². The molecular formula is C20H32IN5O. The summed E-state index contributed by atoms with van der Waals surface area (Å²) in [5, 5.41) is 6.54. The molecule has 6 nitrogen and oxygen atoms in total. The van der Waals surface area contributed by atoms with Crippen molar-refractivity contribution in [2.24, 2.45) is 4.99 Å². The molecule has 0 saturated heterocycles. The van der Waals surface area contributed by atoms with Crippen LogP contribution in [0.25, 0.3) is 0 Å². The summed E-state index contributed by atoms with van der Waals surface area (Å²) >= 11 is 0. The summed E-state index contributed by atoms with van der Waals surface area (Å²) in [5.74, 6) is 2.30. The fourth-order valence-electron chi connectivity index (χ4n) is 2.54. The highest BCUT2D eigenvalue weighted by Gasteiger charge is 2.06. The van der Waals surface area contributed by atoms with Gasteiger partial charge in [0.25, 0.3) is 0 Å². The lowest BCUT2D eigenvalue weighted by atomic mass is 10.1. The third-order valence-electron chi connectivity index (χ3n) is 4.23. The largest absolute Gasteiger partial charge is 0.444 e. The lowest BCUT2D eigenvalue weighted by molar-refractivity contribution is 0.345. The monoisotopic (exact) mass is 485 g/mol. The number of oxazole rings is 1. The molecule has 2 rings (SSSR count). The summed E-state index contributed by atoms with van der Waals surface area (Å²) in [4.78, 5) is 11.4. The van der Waals surface area contributed by atoms with E-state index in [9.17, 15) is 0 Å². The van der Waals surface area contributed by atoms with Crippen molar-refractivity contribution >= 4 is 29.9 Å². The van der Waals surface area contributed by atoms with Crippen LogP contribution in [-0.4, -0.2) is 36.0 Å². The first-order valence-electron chi connectivity index (χ1n) is 9.23. The molecule has 0 fully saturated rings. The van der Waals surface area contributed by atoms with Crippen molar-refractivity contribution < 1.29 is 4.42 Å². The lowest BCUT2D eigenvalue weighted by Crippen LogP contribution is -2.36. The Labute approximate surface area is 179 Å². The molecular weight excluding hydrogens is 453 g/mol. The van der Waals surface area contributed by atoms with Gasteiger partial charge in [-0.25, -0.2) is 9.98 Å². The Morgan fingerprint density at radius 3 is 2.56 bits per heavy atom. The van der Waals surface area contributed by atoms with Gasteiger partial charge in [0, 0.05) is 13.1 Å². The maximum absolute atomic E-state index is 5.61. The fourth-order valence-corrected chi connectivity index (χ4v) is 2.54. The highest BCUT2D eigenvalue weighted by atomic mass is 127. The predicted octanol–water partition coefficient (Wildman–Crippen LogP) is 3.62. The van der Waals surface area contributed by atoms with Gasteiger partial charge in [-0.2, -0.15) is 0 Å². The van der Waals surface area contributed by atoms with Crippen LogP contribution in [0.2, 0.25) is 0 Å². The van der Waals surface area contributed by atoms with Crippen molar-refractivity contribution in [2.75, 3.05) is 20.1 Å². The van der Waals surface area contributed by atoms with Gasteiger partial charge in [0.15, 0.2) is 5.96 Å². The van der Waals surface area contributed by atoms with Gasteiger partial charge in [-0.1, -0.05) is 31.2 Å². The van der Waals surface area contributed by atoms with Crippen LogP contribution >= 0.6 is 24.0 Å². The molecule has 1 aromatic carbocycles. The molecule has 0 aliphatic heterocycles. The molecule has 0 radical (unpaired) electrons. The van der Waals surface area contributed by atoms with E-state index in [1.54, 1.807) is 0 Å². The molecule has 1 heterocycles. The van der Waals surface area contributed by atoms with Crippen LogP contribution in [0, 0.1) is 13.8 Å². The van der Waals surface area contributed by atoms with E-state index in [4.69, 9.17) is 4.42 Å². The van der Waals surface area contributed by atoms with Gasteiger partial charge in [0.05, 0.1) is 18.8 Å². The van der Waals surface area contributed by atoms with Crippen LogP contribution < -0.4 is 10.6 Å². The van der Waals surface area contributed by atoms with Crippen LogP contribution in [0.3, 0.4) is 0 Å². The number of nitrogens with zero attached hydrogens (tertiary/aromatic N) is 3. The zero-order valence-electron chi connectivity index (χ0n) is 17.0. The minimum Gasteiger partial charge on any atom is -0.444 e. The average molecular weight is 485 g/mol. The Kier molecular flexibility index (Phi) is 10.4. The molecule has 150 valence electrons. The summed E-state index contributed by atoms with van der Waals surface area (Å²) in [6, 6.07) is 8.60. The Bertz CT molecular complexity index is 709. The summed E-state index contributed by atoms with van der Waals surface area (Å²) in [6.07, 6.45) is 0. The van der Waals surface area contributed by atoms with Crippen molar-refractivity contribution in [1.82, 2.24) is 20.5 Å². The smallest absolute Gasteiger partial charge is 0.214 e. The van der Waals surface area contributed by atoms with E-state index < -0.39 is 0 Å². The average Bonchev–Trinajstić information content (AvgIpc) is 2.95. The molecule has 0 unspecified atom stereocenters. The zero-order valence-corrected chi connectivity index (χ0v) is 19.3. The number of rotatable bonds is 8. The quantitative estimate of drug-likeness (QED) is 0.340. The van der Waals surface area contributed by atoms with E-state index in [0.717, 1.165) is 37.0 Å². The molecule has 2 N–H and O–H groups in total. The molecule has 0 amide bonds. The van der Waals surface area contributed by atoms with Gasteiger partial charge < -0.3 is 20.0 Å². The van der Waals surface area contributed by atoms with Gasteiger partial charge in [-0.05, 0) is 45.5 Å². The highest BCUT2D eigenvalue weighted by Crippen LogP contribution is 2.09. The van der Waals surface area contributed by atoms with E-state index in [1.807, 2.05) is 13.8 Å². The number of benzene rings is 1. The molecule has 0 aliphatic carbocycles. The Hall–Kier alpha value is -1.61. The number of guanidine groups is 1. The van der Waals surface area contributed by atoms with E-state index >= 15 is 0 Å². The van der Waals surface area contributed by atoms with Crippen molar-refractivity contribution in [3.63, 3.8) is 0 Å².